The summed E-state index contributed by atoms with van der Waals surface area (Å²) in [6.07, 6.45) is 4.28. The minimum Gasteiger partial charge on any atom is -0.466 e. The monoisotopic (exact) mass is 1150 g/mol. The Hall–Kier alpha value is -5.93. The highest BCUT2D eigenvalue weighted by Gasteiger charge is 2.16. The molecule has 0 amide bonds. The molecular weight excluding hydrogens is 1060 g/mol. The first-order valence-electron chi connectivity index (χ1n) is 24.7. The van der Waals surface area contributed by atoms with Crippen molar-refractivity contribution in [2.45, 2.75) is 118 Å². The molecular formula is C56H98O24. The second kappa shape index (κ2) is 63.9. The van der Waals surface area contributed by atoms with Crippen molar-refractivity contribution in [3.05, 3.63) is 86.6 Å². The van der Waals surface area contributed by atoms with E-state index in [1.165, 1.54) is 49.8 Å². The van der Waals surface area contributed by atoms with E-state index in [9.17, 15) is 33.6 Å². The molecule has 0 spiro atoms. The van der Waals surface area contributed by atoms with Crippen molar-refractivity contribution >= 4 is 41.8 Å². The van der Waals surface area contributed by atoms with Crippen LogP contribution in [-0.2, 0) is 114 Å². The Balaban J connectivity index is -0.000000157. The molecule has 0 fully saturated rings. The molecule has 0 aromatic rings. The number of unbranched alkanes of at least 4 members (excludes halogenated alkanes) is 2. The fourth-order valence-electron chi connectivity index (χ4n) is 3.83. The van der Waals surface area contributed by atoms with E-state index in [0.29, 0.717) is 48.7 Å². The van der Waals surface area contributed by atoms with Crippen LogP contribution in [0.5, 0.6) is 0 Å². The molecule has 6 unspecified atom stereocenters. The number of rotatable bonds is 35. The molecule has 0 rings (SSSR count). The zero-order chi connectivity index (χ0) is 63.4. The quantitative estimate of drug-likeness (QED) is 0.0201. The summed E-state index contributed by atoms with van der Waals surface area (Å²) >= 11 is 0. The average Bonchev–Trinajstić information content (AvgIpc) is 3.41. The maximum absolute atomic E-state index is 11.2. The Kier molecular flexibility index (Phi) is 70.2. The number of ether oxygens (including phenoxy) is 17. The van der Waals surface area contributed by atoms with E-state index in [1.807, 2.05) is 0 Å². The predicted molar refractivity (Wildman–Crippen MR) is 299 cm³/mol. The van der Waals surface area contributed by atoms with Crippen molar-refractivity contribution in [3.8, 4) is 0 Å². The third-order valence-corrected chi connectivity index (χ3v) is 7.82. The molecule has 0 aromatic heterocycles. The molecule has 80 heavy (non-hydrogen) atoms. The molecule has 0 saturated heterocycles. The zero-order valence-corrected chi connectivity index (χ0v) is 50.9. The van der Waals surface area contributed by atoms with E-state index in [2.05, 4.69) is 69.4 Å². The molecule has 0 aliphatic heterocycles. The lowest BCUT2D eigenvalue weighted by Gasteiger charge is -2.17. The smallest absolute Gasteiger partial charge is 0.335 e. The van der Waals surface area contributed by atoms with Crippen LogP contribution in [0.2, 0.25) is 0 Å². The highest BCUT2D eigenvalue weighted by atomic mass is 16.7. The largest absolute Gasteiger partial charge is 0.466 e. The lowest BCUT2D eigenvalue weighted by molar-refractivity contribution is -0.185. The van der Waals surface area contributed by atoms with Crippen LogP contribution in [-0.4, -0.2) is 196 Å². The normalized spacial score (nSPS) is 11.8. The average molecular weight is 1160 g/mol. The van der Waals surface area contributed by atoms with Gasteiger partial charge in [0, 0.05) is 97.4 Å². The highest BCUT2D eigenvalue weighted by Crippen LogP contribution is 2.04. The molecule has 0 radical (unpaired) electrons. The molecule has 24 nitrogen and oxygen atoms in total. The van der Waals surface area contributed by atoms with E-state index in [4.69, 9.17) is 71.1 Å². The first-order valence-corrected chi connectivity index (χ1v) is 24.7. The van der Waals surface area contributed by atoms with Crippen molar-refractivity contribution in [2.24, 2.45) is 0 Å². The van der Waals surface area contributed by atoms with Gasteiger partial charge < -0.3 is 80.5 Å². The summed E-state index contributed by atoms with van der Waals surface area (Å²) in [5.41, 5.74) is 1.54. The molecule has 0 aliphatic rings. The van der Waals surface area contributed by atoms with Gasteiger partial charge in [-0.1, -0.05) is 72.7 Å². The van der Waals surface area contributed by atoms with Crippen LogP contribution in [0.15, 0.2) is 86.6 Å². The highest BCUT2D eigenvalue weighted by molar-refractivity contribution is 5.88. The fourth-order valence-corrected chi connectivity index (χ4v) is 3.83. The Morgan fingerprint density at radius 1 is 0.375 bits per heavy atom. The minimum atomic E-state index is -0.654. The molecule has 0 bridgehead atoms. The maximum Gasteiger partial charge on any atom is 0.335 e. The second-order valence-corrected chi connectivity index (χ2v) is 15.7. The van der Waals surface area contributed by atoms with Gasteiger partial charge in [-0.15, -0.1) is 0 Å². The van der Waals surface area contributed by atoms with Crippen molar-refractivity contribution < 1.29 is 114 Å². The second-order valence-electron chi connectivity index (χ2n) is 15.7. The van der Waals surface area contributed by atoms with Crippen LogP contribution in [0.3, 0.4) is 0 Å². The molecule has 0 heterocycles. The molecule has 0 saturated carbocycles. The number of hydrogen-bond acceptors (Lipinski definition) is 24. The SMILES string of the molecule is C=C(C)C(=O)OC.C=C(C)C(=O)OC(C)COC.C=C(C)C(=O)OC(COC)OC.C=C(C)C(=O)OC(COC)OCCCC.C=CC(=O)OC(C)COC.C=CC(=O)OC(COC)OC.C=CC(=O)OC(COC)OCCCC. The first kappa shape index (κ1) is 87.9. The number of carbonyl (C=O) groups excluding carboxylic acids is 7. The van der Waals surface area contributed by atoms with Crippen LogP contribution >= 0.6 is 0 Å². The Morgan fingerprint density at radius 3 is 0.912 bits per heavy atom. The van der Waals surface area contributed by atoms with E-state index in [0.717, 1.165) is 43.9 Å². The summed E-state index contributed by atoms with van der Waals surface area (Å²) in [6.45, 7) is 40.4. The third-order valence-electron chi connectivity index (χ3n) is 7.82. The molecule has 0 aromatic carbocycles. The summed E-state index contributed by atoms with van der Waals surface area (Å²) in [7, 11) is 13.4. The third kappa shape index (κ3) is 66.4. The number of methoxy groups -OCH3 is 9. The summed E-state index contributed by atoms with van der Waals surface area (Å²) in [6, 6.07) is 0. The van der Waals surface area contributed by atoms with Crippen LogP contribution in [0, 0.1) is 0 Å². The molecule has 0 aliphatic carbocycles. The van der Waals surface area contributed by atoms with Crippen molar-refractivity contribution in [2.75, 3.05) is 117 Å². The van der Waals surface area contributed by atoms with Gasteiger partial charge in [0.05, 0.1) is 33.5 Å². The minimum absolute atomic E-state index is 0.199. The zero-order valence-electron chi connectivity index (χ0n) is 50.9. The van der Waals surface area contributed by atoms with Crippen molar-refractivity contribution in [1.82, 2.24) is 0 Å². The van der Waals surface area contributed by atoms with Gasteiger partial charge in [0.15, 0.2) is 0 Å². The summed E-state index contributed by atoms with van der Waals surface area (Å²) < 4.78 is 82.2. The Labute approximate surface area is 476 Å². The van der Waals surface area contributed by atoms with Crippen molar-refractivity contribution in [3.63, 3.8) is 0 Å². The first-order chi connectivity index (χ1) is 37.7. The van der Waals surface area contributed by atoms with Gasteiger partial charge in [-0.25, -0.2) is 33.6 Å². The van der Waals surface area contributed by atoms with E-state index in [-0.39, 0.29) is 50.6 Å². The standard InChI is InChI=1S/C11H20O4.C10H18O4.C8H14O4.C8H14O3.C7H12O4.C7H12O3.C5H8O2/c1-5-6-7-14-10(8-13-4)15-11(12)9(2)3;1-4-6-7-13-10(8-12-3)14-9(11)5-2;1-6(2)8(9)12-7(11-4)5-10-3;1-6(2)8(9)11-7(3)5-10-4;1-4-6(8)11-7(10-3)5-9-2;1-4-7(8)10-6(2)5-9-3;1-4(2)5(6)7-3/h10H,2,5-8H2,1,3-4H3;5,10H,2,4,6-8H2,1,3H3;7H,1,5H2,2-4H3;7H,1,5H2,2-4H3;4,7H,1,5H2,2-3H3;4,6H,1,5H2,2-3H3;1H2,2-3H3. The Morgan fingerprint density at radius 2 is 0.637 bits per heavy atom. The van der Waals surface area contributed by atoms with Crippen LogP contribution in [0.4, 0.5) is 0 Å². The van der Waals surface area contributed by atoms with Gasteiger partial charge in [0.2, 0.25) is 25.2 Å². The van der Waals surface area contributed by atoms with Gasteiger partial charge in [-0.2, -0.15) is 0 Å². The number of carbonyl (C=O) groups is 7. The fraction of sp³-hybridized carbons (Fsp3) is 0.625. The molecule has 0 N–H and O–H groups in total. The predicted octanol–water partition coefficient (Wildman–Crippen LogP) is 7.09. The topological polar surface area (TPSA) is 276 Å². The van der Waals surface area contributed by atoms with Crippen molar-refractivity contribution in [1.29, 1.82) is 0 Å². The van der Waals surface area contributed by atoms with Gasteiger partial charge in [0.1, 0.15) is 38.6 Å². The maximum atomic E-state index is 11.2. The van der Waals surface area contributed by atoms with Crippen LogP contribution in [0.25, 0.3) is 0 Å². The lowest BCUT2D eigenvalue weighted by Crippen LogP contribution is -2.26. The lowest BCUT2D eigenvalue weighted by atomic mass is 10.3. The van der Waals surface area contributed by atoms with E-state index >= 15 is 0 Å². The summed E-state index contributed by atoms with van der Waals surface area (Å²) in [4.78, 5) is 75.1. The van der Waals surface area contributed by atoms with E-state index < -0.39 is 55.0 Å². The van der Waals surface area contributed by atoms with Gasteiger partial charge >= 0.3 is 41.8 Å². The summed E-state index contributed by atoms with van der Waals surface area (Å²) in [5, 5.41) is 0. The van der Waals surface area contributed by atoms with E-state index in [1.54, 1.807) is 55.8 Å². The van der Waals surface area contributed by atoms with Gasteiger partial charge in [-0.3, -0.25) is 0 Å². The van der Waals surface area contributed by atoms with Crippen LogP contribution in [0.1, 0.15) is 81.1 Å². The number of esters is 7. The van der Waals surface area contributed by atoms with Gasteiger partial charge in [0.25, 0.3) is 0 Å². The Bertz CT molecular complexity index is 1710. The summed E-state index contributed by atoms with van der Waals surface area (Å²) in [5.74, 6) is -3.07. The van der Waals surface area contributed by atoms with Gasteiger partial charge in [-0.05, 0) is 54.4 Å². The number of hydrogen-bond donors (Lipinski definition) is 0. The van der Waals surface area contributed by atoms with Crippen LogP contribution < -0.4 is 0 Å². The molecule has 466 valence electrons. The molecule has 6 atom stereocenters. The molecule has 24 heteroatoms.